The zero-order valence-electron chi connectivity index (χ0n) is 10.4. The molecule has 0 aliphatic heterocycles. The highest BCUT2D eigenvalue weighted by Gasteiger charge is 2.19. The van der Waals surface area contributed by atoms with Gasteiger partial charge in [0.15, 0.2) is 6.39 Å². The Bertz CT molecular complexity index is 343. The van der Waals surface area contributed by atoms with Crippen LogP contribution >= 0.6 is 0 Å². The van der Waals surface area contributed by atoms with Crippen molar-refractivity contribution in [1.82, 2.24) is 10.3 Å². The number of oxazole rings is 1. The number of rotatable bonds is 4. The van der Waals surface area contributed by atoms with Crippen LogP contribution in [0.1, 0.15) is 26.5 Å². The highest BCUT2D eigenvalue weighted by molar-refractivity contribution is 5.68. The van der Waals surface area contributed by atoms with E-state index in [1.165, 1.54) is 6.39 Å². The Labute approximate surface area is 101 Å². The second-order valence-corrected chi connectivity index (χ2v) is 4.75. The lowest BCUT2D eigenvalue weighted by Gasteiger charge is -2.22. The number of nitrogens with zero attached hydrogens (tertiary/aromatic N) is 1. The summed E-state index contributed by atoms with van der Waals surface area (Å²) in [7, 11) is 0. The topological polar surface area (TPSA) is 90.4 Å². The van der Waals surface area contributed by atoms with E-state index < -0.39 is 11.7 Å². The quantitative estimate of drug-likeness (QED) is 0.822. The fraction of sp³-hybridized carbons (Fsp3) is 0.636. The Morgan fingerprint density at radius 1 is 1.65 bits per heavy atom. The number of alkyl carbamates (subject to hydrolysis) is 1. The lowest BCUT2D eigenvalue weighted by molar-refractivity contribution is 0.0505. The van der Waals surface area contributed by atoms with Gasteiger partial charge in [0, 0.05) is 13.0 Å². The summed E-state index contributed by atoms with van der Waals surface area (Å²) in [5, 5.41) is 2.69. The van der Waals surface area contributed by atoms with Crippen LogP contribution in [0, 0.1) is 0 Å². The molecule has 1 aromatic rings. The van der Waals surface area contributed by atoms with E-state index in [0.29, 0.717) is 18.7 Å². The molecule has 1 atom stereocenters. The van der Waals surface area contributed by atoms with Crippen LogP contribution in [-0.4, -0.2) is 29.3 Å². The standard InChI is InChI=1S/C11H19N3O3/c1-11(2,3)17-10(15)14-8(5-12)4-9-6-13-7-16-9/h6-8H,4-5,12H2,1-3H3,(H,14,15). The molecule has 0 aromatic carbocycles. The number of carbonyl (C=O) groups excluding carboxylic acids is 1. The van der Waals surface area contributed by atoms with Gasteiger partial charge in [-0.3, -0.25) is 0 Å². The van der Waals surface area contributed by atoms with E-state index in [2.05, 4.69) is 10.3 Å². The maximum Gasteiger partial charge on any atom is 0.407 e. The minimum absolute atomic E-state index is 0.224. The van der Waals surface area contributed by atoms with Gasteiger partial charge in [-0.1, -0.05) is 0 Å². The van der Waals surface area contributed by atoms with E-state index in [-0.39, 0.29) is 6.04 Å². The molecule has 0 aliphatic rings. The first-order valence-electron chi connectivity index (χ1n) is 5.47. The molecule has 1 aromatic heterocycles. The van der Waals surface area contributed by atoms with Crippen molar-refractivity contribution >= 4 is 6.09 Å². The number of hydrogen-bond acceptors (Lipinski definition) is 5. The van der Waals surface area contributed by atoms with Gasteiger partial charge in [-0.05, 0) is 20.8 Å². The smallest absolute Gasteiger partial charge is 0.407 e. The molecule has 0 aliphatic carbocycles. The molecule has 1 unspecified atom stereocenters. The monoisotopic (exact) mass is 241 g/mol. The molecule has 0 fully saturated rings. The van der Waals surface area contributed by atoms with Crippen LogP contribution in [0.25, 0.3) is 0 Å². The third-order valence-electron chi connectivity index (χ3n) is 1.94. The van der Waals surface area contributed by atoms with Gasteiger partial charge in [0.05, 0.1) is 12.2 Å². The van der Waals surface area contributed by atoms with Gasteiger partial charge in [0.2, 0.25) is 0 Å². The molecule has 6 nitrogen and oxygen atoms in total. The number of amides is 1. The third kappa shape index (κ3) is 5.35. The van der Waals surface area contributed by atoms with E-state index in [9.17, 15) is 4.79 Å². The minimum Gasteiger partial charge on any atom is -0.448 e. The Kier molecular flexibility index (Phi) is 4.51. The van der Waals surface area contributed by atoms with Crippen molar-refractivity contribution < 1.29 is 13.9 Å². The summed E-state index contributed by atoms with van der Waals surface area (Å²) in [5.74, 6) is 0.677. The van der Waals surface area contributed by atoms with E-state index in [4.69, 9.17) is 14.9 Å². The average molecular weight is 241 g/mol. The van der Waals surface area contributed by atoms with Gasteiger partial charge in [-0.15, -0.1) is 0 Å². The summed E-state index contributed by atoms with van der Waals surface area (Å²) in [5.41, 5.74) is 5.05. The maximum absolute atomic E-state index is 11.5. The van der Waals surface area contributed by atoms with Crippen LogP contribution < -0.4 is 11.1 Å². The average Bonchev–Trinajstić information content (AvgIpc) is 2.66. The lowest BCUT2D eigenvalue weighted by Crippen LogP contribution is -2.44. The zero-order chi connectivity index (χ0) is 12.9. The van der Waals surface area contributed by atoms with E-state index in [1.54, 1.807) is 27.0 Å². The fourth-order valence-corrected chi connectivity index (χ4v) is 1.25. The first-order valence-corrected chi connectivity index (χ1v) is 5.47. The SMILES string of the molecule is CC(C)(C)OC(=O)NC(CN)Cc1cnco1. The Balaban J connectivity index is 2.44. The van der Waals surface area contributed by atoms with Crippen molar-refractivity contribution in [3.63, 3.8) is 0 Å². The fourth-order valence-electron chi connectivity index (χ4n) is 1.25. The van der Waals surface area contributed by atoms with Crippen molar-refractivity contribution in [3.8, 4) is 0 Å². The van der Waals surface area contributed by atoms with Crippen molar-refractivity contribution in [2.45, 2.75) is 38.8 Å². The van der Waals surface area contributed by atoms with E-state index in [0.717, 1.165) is 0 Å². The molecule has 0 radical (unpaired) electrons. The summed E-state index contributed by atoms with van der Waals surface area (Å²) in [4.78, 5) is 15.3. The van der Waals surface area contributed by atoms with Crippen LogP contribution in [-0.2, 0) is 11.2 Å². The Morgan fingerprint density at radius 2 is 2.35 bits per heavy atom. The van der Waals surface area contributed by atoms with Gasteiger partial charge >= 0.3 is 6.09 Å². The molecule has 6 heteroatoms. The molecule has 3 N–H and O–H groups in total. The summed E-state index contributed by atoms with van der Waals surface area (Å²) in [6.07, 6.45) is 2.96. The molecule has 0 bridgehead atoms. The van der Waals surface area contributed by atoms with Crippen molar-refractivity contribution in [1.29, 1.82) is 0 Å². The number of ether oxygens (including phenoxy) is 1. The molecule has 1 rings (SSSR count). The highest BCUT2D eigenvalue weighted by Crippen LogP contribution is 2.07. The van der Waals surface area contributed by atoms with Crippen LogP contribution in [0.5, 0.6) is 0 Å². The Morgan fingerprint density at radius 3 is 2.82 bits per heavy atom. The van der Waals surface area contributed by atoms with Gasteiger partial charge in [0.1, 0.15) is 11.4 Å². The van der Waals surface area contributed by atoms with Crippen LogP contribution in [0.4, 0.5) is 4.79 Å². The summed E-state index contributed by atoms with van der Waals surface area (Å²) >= 11 is 0. The molecule has 1 heterocycles. The van der Waals surface area contributed by atoms with Gasteiger partial charge in [0.25, 0.3) is 0 Å². The molecule has 0 saturated carbocycles. The number of hydrogen-bond donors (Lipinski definition) is 2. The van der Waals surface area contributed by atoms with Crippen molar-refractivity contribution in [2.24, 2.45) is 5.73 Å². The molecule has 0 spiro atoms. The van der Waals surface area contributed by atoms with Crippen LogP contribution in [0.2, 0.25) is 0 Å². The molecule has 1 amide bonds. The zero-order valence-corrected chi connectivity index (χ0v) is 10.4. The number of nitrogens with two attached hydrogens (primary N) is 1. The predicted molar refractivity (Wildman–Crippen MR) is 62.4 cm³/mol. The number of nitrogens with one attached hydrogen (secondary N) is 1. The number of carbonyl (C=O) groups is 1. The van der Waals surface area contributed by atoms with Gasteiger partial charge < -0.3 is 20.2 Å². The predicted octanol–water partition coefficient (Wildman–Crippen LogP) is 1.07. The summed E-state index contributed by atoms with van der Waals surface area (Å²) in [6.45, 7) is 5.72. The van der Waals surface area contributed by atoms with E-state index in [1.807, 2.05) is 0 Å². The highest BCUT2D eigenvalue weighted by atomic mass is 16.6. The summed E-state index contributed by atoms with van der Waals surface area (Å²) < 4.78 is 10.2. The van der Waals surface area contributed by atoms with Crippen molar-refractivity contribution in [3.05, 3.63) is 18.4 Å². The summed E-state index contributed by atoms with van der Waals surface area (Å²) in [6, 6.07) is -0.224. The van der Waals surface area contributed by atoms with Crippen LogP contribution in [0.3, 0.4) is 0 Å². The lowest BCUT2D eigenvalue weighted by atomic mass is 10.2. The third-order valence-corrected chi connectivity index (χ3v) is 1.94. The Hall–Kier alpha value is -1.56. The minimum atomic E-state index is -0.518. The van der Waals surface area contributed by atoms with E-state index >= 15 is 0 Å². The second kappa shape index (κ2) is 5.67. The number of aromatic nitrogens is 1. The maximum atomic E-state index is 11.5. The molecule has 0 saturated heterocycles. The van der Waals surface area contributed by atoms with Crippen molar-refractivity contribution in [2.75, 3.05) is 6.54 Å². The van der Waals surface area contributed by atoms with Gasteiger partial charge in [-0.25, -0.2) is 9.78 Å². The molecular formula is C11H19N3O3. The normalized spacial score (nSPS) is 13.2. The second-order valence-electron chi connectivity index (χ2n) is 4.75. The molecule has 17 heavy (non-hydrogen) atoms. The molecular weight excluding hydrogens is 222 g/mol. The van der Waals surface area contributed by atoms with Crippen LogP contribution in [0.15, 0.2) is 17.0 Å². The molecule has 96 valence electrons. The largest absolute Gasteiger partial charge is 0.448 e. The van der Waals surface area contributed by atoms with Gasteiger partial charge in [-0.2, -0.15) is 0 Å². The first-order chi connectivity index (χ1) is 7.90. The first kappa shape index (κ1) is 13.5.